The van der Waals surface area contributed by atoms with Gasteiger partial charge in [0.2, 0.25) is 0 Å². The highest BCUT2D eigenvalue weighted by molar-refractivity contribution is 7.47. The summed E-state index contributed by atoms with van der Waals surface area (Å²) in [4.78, 5) is 35.8. The van der Waals surface area contributed by atoms with Crippen LogP contribution in [0.1, 0.15) is 232 Å². The van der Waals surface area contributed by atoms with Gasteiger partial charge in [-0.2, -0.15) is 0 Å². The number of ether oxygens (including phenoxy) is 2. The number of aliphatic hydroxyl groups is 5. The molecule has 1 aliphatic rings. The predicted octanol–water partition coefficient (Wildman–Crippen LogP) is 11.2. The van der Waals surface area contributed by atoms with Gasteiger partial charge in [-0.3, -0.25) is 18.6 Å². The molecule has 6 N–H and O–H groups in total. The van der Waals surface area contributed by atoms with Gasteiger partial charge in [-0.25, -0.2) is 4.57 Å². The fourth-order valence-corrected chi connectivity index (χ4v) is 9.06. The van der Waals surface area contributed by atoms with Crippen molar-refractivity contribution in [3.8, 4) is 0 Å². The third-order valence-electron chi connectivity index (χ3n) is 12.3. The molecular formula is C51H95O13P. The molecular weight excluding hydrogens is 852 g/mol. The van der Waals surface area contributed by atoms with Crippen LogP contribution >= 0.6 is 7.82 Å². The lowest BCUT2D eigenvalue weighted by atomic mass is 9.85. The maximum Gasteiger partial charge on any atom is 0.472 e. The van der Waals surface area contributed by atoms with Gasteiger partial charge >= 0.3 is 19.8 Å². The van der Waals surface area contributed by atoms with E-state index in [4.69, 9.17) is 18.5 Å². The van der Waals surface area contributed by atoms with E-state index >= 15 is 0 Å². The Labute approximate surface area is 394 Å². The minimum Gasteiger partial charge on any atom is -0.462 e. The van der Waals surface area contributed by atoms with E-state index in [0.29, 0.717) is 12.8 Å². The summed E-state index contributed by atoms with van der Waals surface area (Å²) in [5.41, 5.74) is 0. The van der Waals surface area contributed by atoms with Gasteiger partial charge in [-0.05, 0) is 44.9 Å². The van der Waals surface area contributed by atoms with Crippen LogP contribution in [0.4, 0.5) is 0 Å². The van der Waals surface area contributed by atoms with Gasteiger partial charge in [0.15, 0.2) is 6.10 Å². The molecule has 1 aliphatic carbocycles. The molecule has 1 saturated carbocycles. The van der Waals surface area contributed by atoms with Crippen molar-refractivity contribution in [2.24, 2.45) is 0 Å². The van der Waals surface area contributed by atoms with E-state index in [-0.39, 0.29) is 12.8 Å². The topological polar surface area (TPSA) is 210 Å². The molecule has 0 bridgehead atoms. The lowest BCUT2D eigenvalue weighted by Crippen LogP contribution is -2.64. The number of phosphoric acid groups is 1. The second kappa shape index (κ2) is 41.3. The smallest absolute Gasteiger partial charge is 0.462 e. The predicted molar refractivity (Wildman–Crippen MR) is 258 cm³/mol. The Balaban J connectivity index is 2.38. The van der Waals surface area contributed by atoms with Crippen molar-refractivity contribution in [1.29, 1.82) is 0 Å². The Kier molecular flexibility index (Phi) is 39.0. The van der Waals surface area contributed by atoms with Crippen LogP contribution in [0.5, 0.6) is 0 Å². The van der Waals surface area contributed by atoms with Crippen LogP contribution in [0.3, 0.4) is 0 Å². The average Bonchev–Trinajstić information content (AvgIpc) is 3.29. The molecule has 0 aromatic rings. The number of unbranched alkanes of at least 4 members (excludes halogenated alkanes) is 28. The molecule has 1 rings (SSSR count). The van der Waals surface area contributed by atoms with Gasteiger partial charge in [0.25, 0.3) is 0 Å². The second-order valence-electron chi connectivity index (χ2n) is 18.4. The molecule has 0 aromatic carbocycles. The average molecular weight is 947 g/mol. The summed E-state index contributed by atoms with van der Waals surface area (Å²) in [6.45, 7) is 3.31. The van der Waals surface area contributed by atoms with E-state index in [9.17, 15) is 44.6 Å². The van der Waals surface area contributed by atoms with Crippen molar-refractivity contribution in [2.75, 3.05) is 13.2 Å². The van der Waals surface area contributed by atoms with Gasteiger partial charge in [-0.15, -0.1) is 0 Å². The van der Waals surface area contributed by atoms with E-state index in [1.165, 1.54) is 116 Å². The summed E-state index contributed by atoms with van der Waals surface area (Å²) in [6.07, 6.45) is 33.6. The first-order valence-electron chi connectivity index (χ1n) is 26.1. The lowest BCUT2D eigenvalue weighted by molar-refractivity contribution is -0.220. The number of rotatable bonds is 44. The number of esters is 2. The Bertz CT molecular complexity index is 1230. The molecule has 0 radical (unpaired) electrons. The summed E-state index contributed by atoms with van der Waals surface area (Å²) in [6, 6.07) is 0. The van der Waals surface area contributed by atoms with E-state index in [0.717, 1.165) is 77.0 Å². The molecule has 0 aromatic heterocycles. The van der Waals surface area contributed by atoms with E-state index < -0.39 is 75.7 Å². The van der Waals surface area contributed by atoms with Crippen LogP contribution in [0, 0.1) is 0 Å². The minimum absolute atomic E-state index is 0.0908. The highest BCUT2D eigenvalue weighted by Gasteiger charge is 2.51. The Morgan fingerprint density at radius 2 is 0.831 bits per heavy atom. The number of phosphoric ester groups is 1. The maximum absolute atomic E-state index is 12.8. The summed E-state index contributed by atoms with van der Waals surface area (Å²) < 4.78 is 33.6. The molecule has 14 heteroatoms. The summed E-state index contributed by atoms with van der Waals surface area (Å²) in [5, 5.41) is 50.3. The van der Waals surface area contributed by atoms with Gasteiger partial charge < -0.3 is 39.9 Å². The molecule has 0 heterocycles. The first kappa shape index (κ1) is 61.3. The van der Waals surface area contributed by atoms with Crippen molar-refractivity contribution in [1.82, 2.24) is 0 Å². The van der Waals surface area contributed by atoms with E-state index in [1.54, 1.807) is 0 Å². The Morgan fingerprint density at radius 3 is 1.28 bits per heavy atom. The Hall–Kier alpha value is -1.67. The van der Waals surface area contributed by atoms with Crippen molar-refractivity contribution >= 4 is 19.8 Å². The first-order chi connectivity index (χ1) is 31.4. The molecule has 382 valence electrons. The Morgan fingerprint density at radius 1 is 0.477 bits per heavy atom. The number of aliphatic hydroxyl groups excluding tert-OH is 5. The molecule has 0 spiro atoms. The minimum atomic E-state index is -5.12. The molecule has 1 fully saturated rings. The third kappa shape index (κ3) is 33.5. The summed E-state index contributed by atoms with van der Waals surface area (Å²) >= 11 is 0. The van der Waals surface area contributed by atoms with Crippen molar-refractivity contribution in [2.45, 2.75) is 275 Å². The zero-order valence-electron chi connectivity index (χ0n) is 40.8. The quantitative estimate of drug-likeness (QED) is 0.0146. The maximum atomic E-state index is 12.8. The largest absolute Gasteiger partial charge is 0.472 e. The summed E-state index contributed by atoms with van der Waals surface area (Å²) in [5.74, 6) is -1.10. The monoisotopic (exact) mass is 947 g/mol. The van der Waals surface area contributed by atoms with Crippen LogP contribution < -0.4 is 0 Å². The van der Waals surface area contributed by atoms with Gasteiger partial charge in [0.1, 0.15) is 43.2 Å². The fourth-order valence-electron chi connectivity index (χ4n) is 8.08. The highest BCUT2D eigenvalue weighted by atomic mass is 31.2. The number of hydrogen-bond acceptors (Lipinski definition) is 12. The standard InChI is InChI=1S/C51H95O13P/c1-3-5-7-9-11-13-15-17-19-21-22-24-25-27-29-31-33-35-37-39-44(52)61-41-43(42-62-65(59,60)64-51-49(57)47(55)46(54)48(56)50(51)58)63-45(53)40-38-36-34-32-30-28-26-23-20-18-16-14-12-10-8-6-4-2/h12,14,18,20,43,46-51,54-58H,3-11,13,15-17,19,21-42H2,1-2H3,(H,59,60)/b14-12-,20-18-/t43-,46?,47-,48?,49?,50?,51?/m1/s1. The third-order valence-corrected chi connectivity index (χ3v) is 13.3. The summed E-state index contributed by atoms with van der Waals surface area (Å²) in [7, 11) is -5.12. The molecule has 13 nitrogen and oxygen atoms in total. The van der Waals surface area contributed by atoms with Crippen molar-refractivity contribution in [3.05, 3.63) is 24.3 Å². The second-order valence-corrected chi connectivity index (χ2v) is 19.8. The zero-order chi connectivity index (χ0) is 47.8. The van der Waals surface area contributed by atoms with Crippen LogP contribution in [0.15, 0.2) is 24.3 Å². The van der Waals surface area contributed by atoms with E-state index in [2.05, 4.69) is 38.2 Å². The molecule has 65 heavy (non-hydrogen) atoms. The van der Waals surface area contributed by atoms with Crippen LogP contribution in [-0.2, 0) is 32.7 Å². The lowest BCUT2D eigenvalue weighted by Gasteiger charge is -2.41. The van der Waals surface area contributed by atoms with Crippen LogP contribution in [0.25, 0.3) is 0 Å². The normalized spacial score (nSPS) is 21.5. The van der Waals surface area contributed by atoms with Crippen LogP contribution in [-0.4, -0.2) is 98.3 Å². The first-order valence-corrected chi connectivity index (χ1v) is 27.6. The molecule has 0 aliphatic heterocycles. The van der Waals surface area contributed by atoms with Crippen molar-refractivity contribution < 1.29 is 63.1 Å². The van der Waals surface area contributed by atoms with Crippen LogP contribution in [0.2, 0.25) is 0 Å². The zero-order valence-corrected chi connectivity index (χ0v) is 41.7. The highest BCUT2D eigenvalue weighted by Crippen LogP contribution is 2.47. The van der Waals surface area contributed by atoms with Gasteiger partial charge in [0, 0.05) is 12.8 Å². The van der Waals surface area contributed by atoms with E-state index in [1.807, 2.05) is 0 Å². The SMILES string of the molecule is CCCCC/C=C\C/C=C\CCCCCCCCCC(=O)O[C@H](COC(=O)CCCCCCCCCCCCCCCCCCCCC)COP(=O)(O)OC1C(O)C(O)C(O)[C@@H](O)C1O. The van der Waals surface area contributed by atoms with Crippen molar-refractivity contribution in [3.63, 3.8) is 0 Å². The molecule has 6 unspecified atom stereocenters. The molecule has 8 atom stereocenters. The van der Waals surface area contributed by atoms with Gasteiger partial charge in [-0.1, -0.05) is 199 Å². The number of hydrogen-bond donors (Lipinski definition) is 6. The fraction of sp³-hybridized carbons (Fsp3) is 0.882. The number of carbonyl (C=O) groups is 2. The molecule has 0 saturated heterocycles. The number of carbonyl (C=O) groups excluding carboxylic acids is 2. The van der Waals surface area contributed by atoms with Gasteiger partial charge in [0.05, 0.1) is 6.61 Å². The molecule has 0 amide bonds. The number of allylic oxidation sites excluding steroid dienone is 4.